The van der Waals surface area contributed by atoms with E-state index in [1.165, 1.54) is 13.2 Å². The van der Waals surface area contributed by atoms with Crippen molar-refractivity contribution in [2.24, 2.45) is 0 Å². The van der Waals surface area contributed by atoms with Gasteiger partial charge in [-0.05, 0) is 47.8 Å². The van der Waals surface area contributed by atoms with E-state index in [0.717, 1.165) is 41.6 Å². The molecule has 0 saturated carbocycles. The Kier molecular flexibility index (Phi) is 5.12. The van der Waals surface area contributed by atoms with Crippen LogP contribution in [0.2, 0.25) is 0 Å². The second-order valence-corrected chi connectivity index (χ2v) is 7.97. The lowest BCUT2D eigenvalue weighted by atomic mass is 10.0. The highest BCUT2D eigenvalue weighted by molar-refractivity contribution is 8.00. The van der Waals surface area contributed by atoms with Gasteiger partial charge in [0, 0.05) is 24.4 Å². The van der Waals surface area contributed by atoms with Gasteiger partial charge in [-0.2, -0.15) is 18.3 Å². The number of anilines is 1. The molecule has 166 valence electrons. The molecule has 5 rings (SSSR count). The van der Waals surface area contributed by atoms with Gasteiger partial charge in [-0.3, -0.25) is 4.68 Å². The third-order valence-electron chi connectivity index (χ3n) is 5.15. The second kappa shape index (κ2) is 7.97. The molecule has 2 aromatic carbocycles. The van der Waals surface area contributed by atoms with Crippen LogP contribution in [0.5, 0.6) is 11.5 Å². The van der Waals surface area contributed by atoms with Gasteiger partial charge < -0.3 is 18.7 Å². The van der Waals surface area contributed by atoms with E-state index in [-0.39, 0.29) is 5.75 Å². The fraction of sp³-hybridized carbons (Fsp3) is 0.238. The van der Waals surface area contributed by atoms with Crippen LogP contribution in [-0.2, 0) is 19.1 Å². The third kappa shape index (κ3) is 3.72. The van der Waals surface area contributed by atoms with E-state index >= 15 is 0 Å². The van der Waals surface area contributed by atoms with Gasteiger partial charge in [0.25, 0.3) is 0 Å². The normalized spacial score (nSPS) is 13.2. The largest absolute Gasteiger partial charge is 0.496 e. The molecule has 0 spiro atoms. The number of alkyl halides is 3. The number of benzene rings is 2. The lowest BCUT2D eigenvalue weighted by Gasteiger charge is -2.12. The average molecular weight is 462 g/mol. The molecule has 0 amide bonds. The zero-order valence-electron chi connectivity index (χ0n) is 16.8. The van der Waals surface area contributed by atoms with E-state index in [2.05, 4.69) is 15.0 Å². The Balaban J connectivity index is 1.44. The molecule has 2 aromatic heterocycles. The summed E-state index contributed by atoms with van der Waals surface area (Å²) in [5, 5.41) is 9.06. The summed E-state index contributed by atoms with van der Waals surface area (Å²) in [7, 11) is 1.33. The van der Waals surface area contributed by atoms with Crippen LogP contribution in [0.3, 0.4) is 0 Å². The first-order chi connectivity index (χ1) is 15.4. The van der Waals surface area contributed by atoms with Crippen molar-refractivity contribution in [2.75, 3.05) is 18.4 Å². The van der Waals surface area contributed by atoms with Crippen molar-refractivity contribution in [3.8, 4) is 11.5 Å². The summed E-state index contributed by atoms with van der Waals surface area (Å²) in [6.45, 7) is 1.13. The predicted molar refractivity (Wildman–Crippen MR) is 112 cm³/mol. The molecule has 7 nitrogen and oxygen atoms in total. The SMILES string of the molecule is COc1cc(C(F)(F)F)ccc1SNc1noc2cc(Cn3cccn3)c3c(c12)OCC3. The van der Waals surface area contributed by atoms with E-state index in [1.54, 1.807) is 6.20 Å². The molecular weight excluding hydrogens is 445 g/mol. The van der Waals surface area contributed by atoms with Gasteiger partial charge in [-0.25, -0.2) is 0 Å². The summed E-state index contributed by atoms with van der Waals surface area (Å²) in [4.78, 5) is 0.476. The van der Waals surface area contributed by atoms with E-state index in [4.69, 9.17) is 14.0 Å². The van der Waals surface area contributed by atoms with Crippen LogP contribution in [-0.4, -0.2) is 28.7 Å². The molecule has 0 atom stereocenters. The van der Waals surface area contributed by atoms with E-state index < -0.39 is 11.7 Å². The van der Waals surface area contributed by atoms with Gasteiger partial charge in [-0.15, -0.1) is 0 Å². The lowest BCUT2D eigenvalue weighted by Crippen LogP contribution is -2.05. The van der Waals surface area contributed by atoms with Crippen LogP contribution in [0.25, 0.3) is 11.0 Å². The summed E-state index contributed by atoms with van der Waals surface area (Å²) in [6.07, 6.45) is -0.0866. The standard InChI is InChI=1S/C21H17F3N4O3S/c1-29-15-10-13(21(22,23)24)3-4-17(15)32-27-20-18-16(31-26-20)9-12(11-28-7-2-6-25-28)14-5-8-30-19(14)18/h2-4,6-7,9-10H,5,8,11H2,1H3,(H,26,27). The van der Waals surface area contributed by atoms with Crippen molar-refractivity contribution >= 4 is 28.7 Å². The Labute approximate surface area is 184 Å². The first kappa shape index (κ1) is 20.6. The topological polar surface area (TPSA) is 74.3 Å². The Hall–Kier alpha value is -3.34. The molecule has 0 unspecified atom stereocenters. The predicted octanol–water partition coefficient (Wildman–Crippen LogP) is 5.15. The summed E-state index contributed by atoms with van der Waals surface area (Å²) >= 11 is 1.08. The fourth-order valence-corrected chi connectivity index (χ4v) is 4.39. The molecule has 3 heterocycles. The average Bonchev–Trinajstić information content (AvgIpc) is 3.52. The first-order valence-electron chi connectivity index (χ1n) is 9.66. The molecule has 4 aromatic rings. The maximum atomic E-state index is 13.0. The van der Waals surface area contributed by atoms with Gasteiger partial charge in [0.1, 0.15) is 16.9 Å². The third-order valence-corrected chi connectivity index (χ3v) is 6.00. The number of nitrogens with one attached hydrogen (secondary N) is 1. The van der Waals surface area contributed by atoms with Crippen LogP contribution in [0.15, 0.2) is 52.1 Å². The second-order valence-electron chi connectivity index (χ2n) is 7.12. The number of ether oxygens (including phenoxy) is 2. The number of methoxy groups -OCH3 is 1. The number of aromatic nitrogens is 3. The Morgan fingerprint density at radius 2 is 2.16 bits per heavy atom. The maximum absolute atomic E-state index is 13.0. The van der Waals surface area contributed by atoms with Crippen LogP contribution in [0, 0.1) is 0 Å². The van der Waals surface area contributed by atoms with Gasteiger partial charge in [0.2, 0.25) is 0 Å². The Bertz CT molecular complexity index is 1270. The van der Waals surface area contributed by atoms with E-state index in [0.29, 0.717) is 40.6 Å². The van der Waals surface area contributed by atoms with E-state index in [1.807, 2.05) is 23.0 Å². The molecule has 32 heavy (non-hydrogen) atoms. The number of hydrogen-bond acceptors (Lipinski definition) is 7. The van der Waals surface area contributed by atoms with Crippen molar-refractivity contribution in [1.82, 2.24) is 14.9 Å². The zero-order chi connectivity index (χ0) is 22.3. The molecule has 0 fully saturated rings. The Morgan fingerprint density at radius 3 is 2.91 bits per heavy atom. The summed E-state index contributed by atoms with van der Waals surface area (Å²) < 4.78 is 60.4. The van der Waals surface area contributed by atoms with Gasteiger partial charge >= 0.3 is 6.18 Å². The maximum Gasteiger partial charge on any atom is 0.416 e. The fourth-order valence-electron chi connectivity index (χ4n) is 3.66. The van der Waals surface area contributed by atoms with Gasteiger partial charge in [-0.1, -0.05) is 5.16 Å². The molecular formula is C21H17F3N4O3S. The number of nitrogens with zero attached hydrogens (tertiary/aromatic N) is 3. The number of rotatable bonds is 6. The van der Waals surface area contributed by atoms with Crippen LogP contribution in [0.4, 0.5) is 19.0 Å². The minimum absolute atomic E-state index is 0.105. The molecule has 1 aliphatic rings. The number of halogens is 3. The van der Waals surface area contributed by atoms with Crippen molar-refractivity contribution in [1.29, 1.82) is 0 Å². The smallest absolute Gasteiger partial charge is 0.416 e. The molecule has 0 radical (unpaired) electrons. The summed E-state index contributed by atoms with van der Waals surface area (Å²) in [6, 6.07) is 7.11. The first-order valence-corrected chi connectivity index (χ1v) is 10.5. The monoisotopic (exact) mass is 462 g/mol. The van der Waals surface area contributed by atoms with Crippen LogP contribution >= 0.6 is 11.9 Å². The molecule has 0 bridgehead atoms. The number of hydrogen-bond donors (Lipinski definition) is 1. The quantitative estimate of drug-likeness (QED) is 0.397. The van der Waals surface area contributed by atoms with Crippen molar-refractivity contribution < 1.29 is 27.2 Å². The molecule has 1 N–H and O–H groups in total. The van der Waals surface area contributed by atoms with E-state index in [9.17, 15) is 13.2 Å². The van der Waals surface area contributed by atoms with Crippen molar-refractivity contribution in [3.63, 3.8) is 0 Å². The minimum atomic E-state index is -4.45. The minimum Gasteiger partial charge on any atom is -0.496 e. The Morgan fingerprint density at radius 1 is 1.28 bits per heavy atom. The highest BCUT2D eigenvalue weighted by Crippen LogP contribution is 2.43. The molecule has 1 aliphatic heterocycles. The highest BCUT2D eigenvalue weighted by Gasteiger charge is 2.31. The van der Waals surface area contributed by atoms with Crippen molar-refractivity contribution in [2.45, 2.75) is 24.0 Å². The summed E-state index contributed by atoms with van der Waals surface area (Å²) in [5.74, 6) is 1.23. The van der Waals surface area contributed by atoms with Crippen molar-refractivity contribution in [3.05, 3.63) is 59.4 Å². The number of fused-ring (bicyclic) bond motifs is 3. The highest BCUT2D eigenvalue weighted by atomic mass is 32.2. The van der Waals surface area contributed by atoms with Gasteiger partial charge in [0.15, 0.2) is 11.4 Å². The molecule has 0 aliphatic carbocycles. The van der Waals surface area contributed by atoms with Crippen LogP contribution < -0.4 is 14.2 Å². The summed E-state index contributed by atoms with van der Waals surface area (Å²) in [5.41, 5.74) is 1.88. The lowest BCUT2D eigenvalue weighted by molar-refractivity contribution is -0.137. The van der Waals surface area contributed by atoms with Gasteiger partial charge in [0.05, 0.1) is 30.7 Å². The molecule has 0 saturated heterocycles. The zero-order valence-corrected chi connectivity index (χ0v) is 17.6. The van der Waals surface area contributed by atoms with Crippen LogP contribution in [0.1, 0.15) is 16.7 Å². The molecule has 11 heteroatoms.